The van der Waals surface area contributed by atoms with E-state index in [-0.39, 0.29) is 37.1 Å². The SMILES string of the molecule is CCOC(=O)COc1c(Br)cc(/C=c2/sc3n(c2=O)[C@@H](c2ccccc2OC(C)C)C(C(=O)OCC)=C(C)N=3)cc1I. The summed E-state index contributed by atoms with van der Waals surface area (Å²) in [5, 5.41) is 0. The summed E-state index contributed by atoms with van der Waals surface area (Å²) in [5.74, 6) is 0.0752. The summed E-state index contributed by atoms with van der Waals surface area (Å²) in [4.78, 5) is 44.1. The van der Waals surface area contributed by atoms with Gasteiger partial charge in [0.15, 0.2) is 11.4 Å². The summed E-state index contributed by atoms with van der Waals surface area (Å²) in [5.41, 5.74) is 1.87. The Labute approximate surface area is 269 Å². The van der Waals surface area contributed by atoms with Crippen LogP contribution >= 0.6 is 49.9 Å². The van der Waals surface area contributed by atoms with Gasteiger partial charge in [0.05, 0.1) is 43.2 Å². The maximum Gasteiger partial charge on any atom is 0.344 e. The molecule has 1 aliphatic heterocycles. The average Bonchev–Trinajstić information content (AvgIpc) is 3.21. The Hall–Kier alpha value is -2.97. The summed E-state index contributed by atoms with van der Waals surface area (Å²) in [6.07, 6.45) is 1.64. The minimum Gasteiger partial charge on any atom is -0.491 e. The van der Waals surface area contributed by atoms with Crippen LogP contribution in [-0.2, 0) is 19.1 Å². The first kappa shape index (κ1) is 32.0. The number of hydrogen-bond acceptors (Lipinski definition) is 9. The van der Waals surface area contributed by atoms with Crippen LogP contribution in [0, 0.1) is 3.57 Å². The monoisotopic (exact) mass is 768 g/mol. The topological polar surface area (TPSA) is 105 Å². The molecular formula is C30H30BrIN2O7S. The number of nitrogens with zero attached hydrogens (tertiary/aromatic N) is 2. The van der Waals surface area contributed by atoms with Crippen LogP contribution in [0.15, 0.2) is 61.9 Å². The Bertz CT molecular complexity index is 1700. The Morgan fingerprint density at radius 1 is 1.17 bits per heavy atom. The Balaban J connectivity index is 1.84. The lowest BCUT2D eigenvalue weighted by atomic mass is 9.95. The molecule has 2 aromatic carbocycles. The first-order valence-corrected chi connectivity index (χ1v) is 16.0. The number of allylic oxidation sites excluding steroid dienone is 1. The molecule has 0 unspecified atom stereocenters. The van der Waals surface area contributed by atoms with Gasteiger partial charge in [0.25, 0.3) is 5.56 Å². The number of carbonyl (C=O) groups is 2. The van der Waals surface area contributed by atoms with Gasteiger partial charge in [0.2, 0.25) is 0 Å². The number of aromatic nitrogens is 1. The number of ether oxygens (including phenoxy) is 4. The number of fused-ring (bicyclic) bond motifs is 1. The van der Waals surface area contributed by atoms with E-state index in [1.165, 1.54) is 15.9 Å². The summed E-state index contributed by atoms with van der Waals surface area (Å²) >= 11 is 6.86. The zero-order valence-corrected chi connectivity index (χ0v) is 28.3. The largest absolute Gasteiger partial charge is 0.491 e. The minimum absolute atomic E-state index is 0.122. The van der Waals surface area contributed by atoms with Gasteiger partial charge in [-0.3, -0.25) is 9.36 Å². The molecule has 0 N–H and O–H groups in total. The molecule has 12 heteroatoms. The van der Waals surface area contributed by atoms with Crippen molar-refractivity contribution in [3.05, 3.63) is 86.5 Å². The molecule has 1 atom stereocenters. The smallest absolute Gasteiger partial charge is 0.344 e. The third-order valence-corrected chi connectivity index (χ3v) is 8.42. The molecule has 1 aromatic heterocycles. The molecular weight excluding hydrogens is 739 g/mol. The molecule has 0 saturated heterocycles. The molecule has 42 heavy (non-hydrogen) atoms. The van der Waals surface area contributed by atoms with Gasteiger partial charge in [0, 0.05) is 5.56 Å². The summed E-state index contributed by atoms with van der Waals surface area (Å²) in [7, 11) is 0. The number of halogens is 2. The number of rotatable bonds is 10. The van der Waals surface area contributed by atoms with E-state index in [0.717, 1.165) is 9.13 Å². The molecule has 0 amide bonds. The third-order valence-electron chi connectivity index (χ3n) is 6.05. The van der Waals surface area contributed by atoms with Crippen LogP contribution in [0.2, 0.25) is 0 Å². The van der Waals surface area contributed by atoms with Crippen LogP contribution < -0.4 is 24.4 Å². The highest BCUT2D eigenvalue weighted by Gasteiger charge is 2.35. The van der Waals surface area contributed by atoms with Gasteiger partial charge < -0.3 is 18.9 Å². The van der Waals surface area contributed by atoms with E-state index in [4.69, 9.17) is 18.9 Å². The Morgan fingerprint density at radius 2 is 1.88 bits per heavy atom. The fourth-order valence-corrected chi connectivity index (χ4v) is 7.25. The van der Waals surface area contributed by atoms with Gasteiger partial charge in [-0.1, -0.05) is 29.5 Å². The Kier molecular flexibility index (Phi) is 10.7. The van der Waals surface area contributed by atoms with Crippen molar-refractivity contribution in [3.63, 3.8) is 0 Å². The van der Waals surface area contributed by atoms with Crippen LogP contribution in [0.5, 0.6) is 11.5 Å². The van der Waals surface area contributed by atoms with Crippen molar-refractivity contribution >= 4 is 67.9 Å². The van der Waals surface area contributed by atoms with Crippen LogP contribution in [0.25, 0.3) is 6.08 Å². The molecule has 1 aliphatic rings. The molecule has 9 nitrogen and oxygen atoms in total. The molecule has 2 heterocycles. The highest BCUT2D eigenvalue weighted by molar-refractivity contribution is 14.1. The van der Waals surface area contributed by atoms with Crippen molar-refractivity contribution in [2.24, 2.45) is 4.99 Å². The molecule has 0 radical (unpaired) electrons. The number of para-hydroxylation sites is 1. The lowest BCUT2D eigenvalue weighted by molar-refractivity contribution is -0.145. The lowest BCUT2D eigenvalue weighted by Crippen LogP contribution is -2.40. The van der Waals surface area contributed by atoms with E-state index >= 15 is 0 Å². The van der Waals surface area contributed by atoms with Crippen molar-refractivity contribution in [2.45, 2.75) is 46.8 Å². The van der Waals surface area contributed by atoms with E-state index < -0.39 is 18.0 Å². The van der Waals surface area contributed by atoms with Crippen molar-refractivity contribution in [2.75, 3.05) is 19.8 Å². The van der Waals surface area contributed by atoms with Gasteiger partial charge in [-0.05, 0) is 103 Å². The van der Waals surface area contributed by atoms with E-state index in [2.05, 4.69) is 43.5 Å². The zero-order chi connectivity index (χ0) is 30.6. The van der Waals surface area contributed by atoms with Gasteiger partial charge in [-0.25, -0.2) is 14.6 Å². The van der Waals surface area contributed by atoms with Crippen LogP contribution in [0.3, 0.4) is 0 Å². The zero-order valence-electron chi connectivity index (χ0n) is 23.7. The number of carbonyl (C=O) groups excluding carboxylic acids is 2. The molecule has 0 bridgehead atoms. The van der Waals surface area contributed by atoms with Crippen molar-refractivity contribution < 1.29 is 28.5 Å². The predicted molar refractivity (Wildman–Crippen MR) is 172 cm³/mol. The summed E-state index contributed by atoms with van der Waals surface area (Å²) < 4.78 is 25.4. The van der Waals surface area contributed by atoms with E-state index in [1.54, 1.807) is 32.9 Å². The van der Waals surface area contributed by atoms with E-state index in [1.807, 2.05) is 44.2 Å². The number of benzene rings is 2. The van der Waals surface area contributed by atoms with E-state index in [9.17, 15) is 14.4 Å². The molecule has 222 valence electrons. The molecule has 0 saturated carbocycles. The van der Waals surface area contributed by atoms with Gasteiger partial charge >= 0.3 is 11.9 Å². The van der Waals surface area contributed by atoms with Crippen LogP contribution in [0.4, 0.5) is 0 Å². The molecule has 0 fully saturated rings. The van der Waals surface area contributed by atoms with E-state index in [0.29, 0.717) is 36.6 Å². The van der Waals surface area contributed by atoms with Gasteiger partial charge in [-0.2, -0.15) is 0 Å². The predicted octanol–water partition coefficient (Wildman–Crippen LogP) is 4.89. The number of esters is 2. The van der Waals surface area contributed by atoms with Gasteiger partial charge in [0.1, 0.15) is 17.5 Å². The maximum absolute atomic E-state index is 14.0. The lowest BCUT2D eigenvalue weighted by Gasteiger charge is -2.26. The first-order chi connectivity index (χ1) is 20.0. The quantitative estimate of drug-likeness (QED) is 0.214. The highest BCUT2D eigenvalue weighted by Crippen LogP contribution is 2.36. The van der Waals surface area contributed by atoms with Crippen LogP contribution in [0.1, 0.15) is 51.8 Å². The fourth-order valence-electron chi connectivity index (χ4n) is 4.44. The number of thiazole rings is 1. The summed E-state index contributed by atoms with van der Waals surface area (Å²) in [6, 6.07) is 10.2. The third kappa shape index (κ3) is 6.97. The van der Waals surface area contributed by atoms with Crippen molar-refractivity contribution in [1.29, 1.82) is 0 Å². The second-order valence-corrected chi connectivity index (χ2v) is 12.4. The molecule has 0 spiro atoms. The maximum atomic E-state index is 14.0. The minimum atomic E-state index is -0.789. The van der Waals surface area contributed by atoms with Gasteiger partial charge in [-0.15, -0.1) is 0 Å². The second-order valence-electron chi connectivity index (χ2n) is 9.41. The highest BCUT2D eigenvalue weighted by atomic mass is 127. The normalized spacial score (nSPS) is 14.9. The molecule has 0 aliphatic carbocycles. The standard InChI is InChI=1S/C30H30BrIN2O7S/c1-6-38-24(35)15-40-27-20(31)12-18(13-21(27)32)14-23-28(36)34-26(19-10-8-9-11-22(19)41-16(3)4)25(29(37)39-7-2)17(5)33-30(34)42-23/h8-14,16,26H,6-7,15H2,1-5H3/b23-14+/t26-/m0/s1. The Morgan fingerprint density at radius 3 is 2.55 bits per heavy atom. The second kappa shape index (κ2) is 14.0. The molecule has 4 rings (SSSR count). The summed E-state index contributed by atoms with van der Waals surface area (Å²) in [6.45, 7) is 9.29. The first-order valence-electron chi connectivity index (χ1n) is 13.3. The van der Waals surface area contributed by atoms with Crippen LogP contribution in [-0.4, -0.2) is 42.4 Å². The van der Waals surface area contributed by atoms with Crippen molar-refractivity contribution in [3.8, 4) is 11.5 Å². The fraction of sp³-hybridized carbons (Fsp3) is 0.333. The van der Waals surface area contributed by atoms with Crippen molar-refractivity contribution in [1.82, 2.24) is 4.57 Å². The number of hydrogen-bond donors (Lipinski definition) is 0. The molecule has 3 aromatic rings. The average molecular weight is 769 g/mol.